The van der Waals surface area contributed by atoms with Crippen LogP contribution < -0.4 is 0 Å². The average molecular weight is 136 g/mol. The molecule has 0 aromatic heterocycles. The van der Waals surface area contributed by atoms with Gasteiger partial charge in [0.25, 0.3) is 0 Å². The molecule has 0 rings (SSSR count). The highest BCUT2D eigenvalue weighted by molar-refractivity contribution is 3.92. The zero-order valence-electron chi connectivity index (χ0n) is 6.71. The largest absolute Gasteiger partial charge is 0.0776 e. The second-order valence-electron chi connectivity index (χ2n) is 0.707. The van der Waals surface area contributed by atoms with Crippen LogP contribution in [0, 0.1) is 0 Å². The van der Waals surface area contributed by atoms with Crippen LogP contribution in [0.2, 0.25) is 0 Å². The van der Waals surface area contributed by atoms with Gasteiger partial charge in [-0.05, 0) is 0 Å². The summed E-state index contributed by atoms with van der Waals surface area (Å²) in [4.78, 5) is 0. The van der Waals surface area contributed by atoms with Crippen molar-refractivity contribution in [1.82, 2.24) is 0 Å². The van der Waals surface area contributed by atoms with E-state index in [4.69, 9.17) is 0 Å². The van der Waals surface area contributed by atoms with E-state index in [9.17, 15) is 0 Å². The van der Waals surface area contributed by atoms with Crippen LogP contribution in [-0.4, -0.2) is 0 Å². The number of rotatable bonds is 0. The summed E-state index contributed by atoms with van der Waals surface area (Å²) in [6.07, 6.45) is 1.25. The van der Waals surface area contributed by atoms with Gasteiger partial charge in [-0.2, -0.15) is 0 Å². The molecule has 9 heavy (non-hydrogen) atoms. The Balaban J connectivity index is -0.00000000825. The summed E-state index contributed by atoms with van der Waals surface area (Å²) < 4.78 is 0. The summed E-state index contributed by atoms with van der Waals surface area (Å²) in [7, 11) is 0. The maximum absolute atomic E-state index is 2.12. The molecule has 0 aliphatic heterocycles. The summed E-state index contributed by atoms with van der Waals surface area (Å²) in [5, 5.41) is 0. The van der Waals surface area contributed by atoms with E-state index in [1.807, 2.05) is 27.7 Å². The maximum Gasteiger partial charge on any atom is -0.0590 e. The molecule has 0 aliphatic rings. The van der Waals surface area contributed by atoms with Crippen LogP contribution in [0.4, 0.5) is 0 Å². The van der Waals surface area contributed by atoms with Gasteiger partial charge in [0.2, 0.25) is 0 Å². The third-order valence-corrected chi connectivity index (χ3v) is 0. The van der Waals surface area contributed by atoms with Gasteiger partial charge in [0.1, 0.15) is 0 Å². The van der Waals surface area contributed by atoms with Crippen molar-refractivity contribution >= 4 is 0 Å². The fourth-order valence-corrected chi connectivity index (χ4v) is 0. The van der Waals surface area contributed by atoms with E-state index >= 15 is 0 Å². The smallest absolute Gasteiger partial charge is 0.0590 e. The molecule has 0 nitrogen and oxygen atoms in total. The Morgan fingerprint density at radius 3 is 0.667 bits per heavy atom. The molecular formula is C9H28. The Bertz CT molecular complexity index is 0. The molecule has 0 saturated carbocycles. The molecule has 0 amide bonds. The second kappa shape index (κ2) is 392. The van der Waals surface area contributed by atoms with Crippen LogP contribution in [0.5, 0.6) is 0 Å². The Kier molecular flexibility index (Phi) is 1570. The second-order valence-corrected chi connectivity index (χ2v) is 0.707. The molecular weight excluding hydrogens is 108 g/mol. The highest BCUT2D eigenvalue weighted by atomic mass is 13.4. The molecule has 0 aromatic carbocycles. The molecule has 0 aromatic rings. The topological polar surface area (TPSA) is 0 Å². The summed E-state index contributed by atoms with van der Waals surface area (Å²) in [5.74, 6) is 0. The monoisotopic (exact) mass is 136 g/mol. The predicted octanol–water partition coefficient (Wildman–Crippen LogP) is 4.74. The maximum atomic E-state index is 2.12. The van der Waals surface area contributed by atoms with Gasteiger partial charge < -0.3 is 0 Å². The first-order chi connectivity index (χ1) is 3.41. The Hall–Kier alpha value is 0. The van der Waals surface area contributed by atoms with E-state index in [0.717, 1.165) is 0 Å². The molecule has 0 aliphatic carbocycles. The molecule has 0 heteroatoms. The van der Waals surface area contributed by atoms with Gasteiger partial charge in [0.15, 0.2) is 0 Å². The van der Waals surface area contributed by atoms with Crippen molar-refractivity contribution in [2.45, 2.75) is 62.8 Å². The molecule has 0 spiro atoms. The van der Waals surface area contributed by atoms with Crippen LogP contribution in [-0.2, 0) is 0 Å². The molecule has 0 atom stereocenters. The molecule has 0 unspecified atom stereocenters. The van der Waals surface area contributed by atoms with Crippen molar-refractivity contribution in [3.63, 3.8) is 0 Å². The fourth-order valence-electron chi connectivity index (χ4n) is 0. The summed E-state index contributed by atoms with van der Waals surface area (Å²) in [6.45, 7) is 12.2. The van der Waals surface area contributed by atoms with Crippen molar-refractivity contribution in [1.29, 1.82) is 0 Å². The van der Waals surface area contributed by atoms with Crippen molar-refractivity contribution < 1.29 is 0 Å². The van der Waals surface area contributed by atoms with Crippen molar-refractivity contribution in [2.75, 3.05) is 0 Å². The minimum Gasteiger partial charge on any atom is -0.0776 e. The van der Waals surface area contributed by atoms with Gasteiger partial charge >= 0.3 is 0 Å². The zero-order chi connectivity index (χ0) is 6.71. The van der Waals surface area contributed by atoms with Crippen LogP contribution in [0.25, 0.3) is 0 Å². The third kappa shape index (κ3) is 0. The van der Waals surface area contributed by atoms with E-state index in [0.29, 0.717) is 0 Å². The predicted molar refractivity (Wildman–Crippen MR) is 52.1 cm³/mol. The summed E-state index contributed by atoms with van der Waals surface area (Å²) in [6, 6.07) is 0. The third-order valence-electron chi connectivity index (χ3n) is 0. The molecule has 0 fully saturated rings. The Morgan fingerprint density at radius 2 is 0.667 bits per heavy atom. The van der Waals surface area contributed by atoms with Gasteiger partial charge in [-0.3, -0.25) is 0 Å². The first-order valence-corrected chi connectivity index (χ1v) is 3.41. The quantitative estimate of drug-likeness (QED) is 0.451. The van der Waals surface area contributed by atoms with Crippen LogP contribution in [0.15, 0.2) is 0 Å². The van der Waals surface area contributed by atoms with Gasteiger partial charge in [-0.15, -0.1) is 0 Å². The first-order valence-electron chi connectivity index (χ1n) is 3.41. The van der Waals surface area contributed by atoms with E-state index < -0.39 is 0 Å². The van der Waals surface area contributed by atoms with Crippen LogP contribution in [0.3, 0.4) is 0 Å². The highest BCUT2D eigenvalue weighted by Crippen LogP contribution is 1.56. The van der Waals surface area contributed by atoms with Gasteiger partial charge in [-0.25, -0.2) is 0 Å². The molecule has 0 radical (unpaired) electrons. The lowest BCUT2D eigenvalue weighted by molar-refractivity contribution is 1.09. The Labute approximate surface area is 63.7 Å². The first kappa shape index (κ1) is 36.0. The van der Waals surface area contributed by atoms with Crippen molar-refractivity contribution in [2.24, 2.45) is 0 Å². The molecule has 0 heterocycles. The zero-order valence-corrected chi connectivity index (χ0v) is 6.71. The minimum absolute atomic E-state index is 0. The minimum atomic E-state index is 0. The lowest BCUT2D eigenvalue weighted by atomic mass is 10.6. The normalized spacial score (nSPS) is 3.33. The van der Waals surface area contributed by atoms with Crippen LogP contribution in [0.1, 0.15) is 62.8 Å². The standard InChI is InChI=1S/C3H8.2C2H6.2CH4/c1-3-2;2*1-2;;/h3H2,1-2H3;2*1-2H3;2*1H4. The SMILES string of the molecule is C.C.CC.CC.CCC. The van der Waals surface area contributed by atoms with E-state index in [-0.39, 0.29) is 14.9 Å². The van der Waals surface area contributed by atoms with E-state index in [1.54, 1.807) is 0 Å². The van der Waals surface area contributed by atoms with Crippen molar-refractivity contribution in [3.8, 4) is 0 Å². The molecule has 0 N–H and O–H groups in total. The van der Waals surface area contributed by atoms with Crippen LogP contribution >= 0.6 is 0 Å². The Morgan fingerprint density at radius 1 is 0.667 bits per heavy atom. The van der Waals surface area contributed by atoms with E-state index in [2.05, 4.69) is 13.8 Å². The lowest BCUT2D eigenvalue weighted by Crippen LogP contribution is -1.27. The van der Waals surface area contributed by atoms with Gasteiger partial charge in [-0.1, -0.05) is 62.8 Å². The van der Waals surface area contributed by atoms with Gasteiger partial charge in [0.05, 0.1) is 0 Å². The lowest BCUT2D eigenvalue weighted by Gasteiger charge is -1.48. The average Bonchev–Trinajstić information content (AvgIpc) is 1.78. The fraction of sp³-hybridized carbons (Fsp3) is 1.00. The molecule has 64 valence electrons. The highest BCUT2D eigenvalue weighted by Gasteiger charge is 1.35. The van der Waals surface area contributed by atoms with Gasteiger partial charge in [0, 0.05) is 0 Å². The van der Waals surface area contributed by atoms with E-state index in [1.165, 1.54) is 6.42 Å². The number of hydrogen-bond acceptors (Lipinski definition) is 0. The summed E-state index contributed by atoms with van der Waals surface area (Å²) >= 11 is 0. The van der Waals surface area contributed by atoms with Crippen molar-refractivity contribution in [3.05, 3.63) is 0 Å². The summed E-state index contributed by atoms with van der Waals surface area (Å²) in [5.41, 5.74) is 0. The number of hydrogen-bond donors (Lipinski definition) is 0. The molecule has 0 bridgehead atoms. The molecule has 0 saturated heterocycles.